The third-order valence-electron chi connectivity index (χ3n) is 7.21. The van der Waals surface area contributed by atoms with Gasteiger partial charge in [-0.05, 0) is 62.2 Å². The van der Waals surface area contributed by atoms with E-state index in [1.54, 1.807) is 7.11 Å². The standard InChI is InChI=1S/C18H30O2/c1-17-11-6-12-18(2,16(19)20-3)15(17)10-9-13-7-4-5-8-14(13)17/h13-15H,4-12H2,1-3H3/t13-,14+,15?,17-,18+/m1/s1. The van der Waals surface area contributed by atoms with Gasteiger partial charge in [-0.2, -0.15) is 0 Å². The molecule has 3 fully saturated rings. The molecule has 2 nitrogen and oxygen atoms in total. The molecule has 0 N–H and O–H groups in total. The fourth-order valence-corrected chi connectivity index (χ4v) is 6.28. The van der Waals surface area contributed by atoms with Crippen LogP contribution in [0.15, 0.2) is 0 Å². The lowest BCUT2D eigenvalue weighted by Gasteiger charge is -2.60. The van der Waals surface area contributed by atoms with Crippen LogP contribution >= 0.6 is 0 Å². The quantitative estimate of drug-likeness (QED) is 0.657. The largest absolute Gasteiger partial charge is 0.469 e. The molecule has 0 saturated heterocycles. The SMILES string of the molecule is COC(=O)[C@@]1(C)CCC[C@@]2(C)C1CC[C@H]1CCCC[C@@H]12. The fraction of sp³-hybridized carbons (Fsp3) is 0.944. The molecule has 5 atom stereocenters. The van der Waals surface area contributed by atoms with E-state index in [4.69, 9.17) is 4.74 Å². The zero-order valence-electron chi connectivity index (χ0n) is 13.4. The van der Waals surface area contributed by atoms with Crippen LogP contribution in [0.4, 0.5) is 0 Å². The molecule has 0 bridgehead atoms. The second-order valence-electron chi connectivity index (χ2n) is 8.05. The van der Waals surface area contributed by atoms with Crippen LogP contribution in [0.25, 0.3) is 0 Å². The summed E-state index contributed by atoms with van der Waals surface area (Å²) in [6.07, 6.45) is 11.8. The highest BCUT2D eigenvalue weighted by molar-refractivity contribution is 5.77. The smallest absolute Gasteiger partial charge is 0.311 e. The van der Waals surface area contributed by atoms with Crippen LogP contribution in [-0.4, -0.2) is 13.1 Å². The molecule has 0 aromatic rings. The lowest BCUT2D eigenvalue weighted by Crippen LogP contribution is -2.55. The van der Waals surface area contributed by atoms with Crippen LogP contribution in [0.1, 0.15) is 71.6 Å². The van der Waals surface area contributed by atoms with Crippen molar-refractivity contribution in [2.45, 2.75) is 71.6 Å². The molecule has 0 radical (unpaired) electrons. The van der Waals surface area contributed by atoms with E-state index >= 15 is 0 Å². The number of carbonyl (C=O) groups excluding carboxylic acids is 1. The topological polar surface area (TPSA) is 26.3 Å². The molecule has 0 aromatic carbocycles. The molecule has 0 heterocycles. The highest BCUT2D eigenvalue weighted by Crippen LogP contribution is 2.63. The van der Waals surface area contributed by atoms with Crippen molar-refractivity contribution < 1.29 is 9.53 Å². The van der Waals surface area contributed by atoms with Crippen molar-refractivity contribution in [3.05, 3.63) is 0 Å². The van der Waals surface area contributed by atoms with Gasteiger partial charge in [0.25, 0.3) is 0 Å². The average molecular weight is 278 g/mol. The van der Waals surface area contributed by atoms with Gasteiger partial charge in [-0.1, -0.05) is 32.6 Å². The highest BCUT2D eigenvalue weighted by atomic mass is 16.5. The van der Waals surface area contributed by atoms with Crippen LogP contribution in [0, 0.1) is 28.6 Å². The summed E-state index contributed by atoms with van der Waals surface area (Å²) in [6, 6.07) is 0. The maximum Gasteiger partial charge on any atom is 0.311 e. The summed E-state index contributed by atoms with van der Waals surface area (Å²) in [4.78, 5) is 12.4. The fourth-order valence-electron chi connectivity index (χ4n) is 6.28. The first-order valence-corrected chi connectivity index (χ1v) is 8.61. The van der Waals surface area contributed by atoms with E-state index in [1.165, 1.54) is 51.4 Å². The molecule has 0 aliphatic heterocycles. The van der Waals surface area contributed by atoms with Crippen LogP contribution < -0.4 is 0 Å². The first kappa shape index (κ1) is 14.4. The minimum atomic E-state index is -0.232. The number of carbonyl (C=O) groups is 1. The van der Waals surface area contributed by atoms with Crippen molar-refractivity contribution in [1.29, 1.82) is 0 Å². The van der Waals surface area contributed by atoms with Crippen molar-refractivity contribution in [3.8, 4) is 0 Å². The molecule has 20 heavy (non-hydrogen) atoms. The minimum absolute atomic E-state index is 0.0442. The van der Waals surface area contributed by atoms with Crippen molar-refractivity contribution in [3.63, 3.8) is 0 Å². The molecule has 2 heteroatoms. The number of fused-ring (bicyclic) bond motifs is 3. The van der Waals surface area contributed by atoms with E-state index < -0.39 is 0 Å². The highest BCUT2D eigenvalue weighted by Gasteiger charge is 2.58. The maximum absolute atomic E-state index is 12.4. The molecule has 3 aliphatic carbocycles. The van der Waals surface area contributed by atoms with E-state index in [2.05, 4.69) is 13.8 Å². The van der Waals surface area contributed by atoms with Gasteiger partial charge in [0.2, 0.25) is 0 Å². The summed E-state index contributed by atoms with van der Waals surface area (Å²) in [7, 11) is 1.56. The number of esters is 1. The Balaban J connectivity index is 1.93. The van der Waals surface area contributed by atoms with Crippen molar-refractivity contribution >= 4 is 5.97 Å². The summed E-state index contributed by atoms with van der Waals surface area (Å²) in [5.41, 5.74) is 0.148. The number of rotatable bonds is 1. The average Bonchev–Trinajstić information content (AvgIpc) is 2.46. The van der Waals surface area contributed by atoms with Crippen molar-refractivity contribution in [2.24, 2.45) is 28.6 Å². The summed E-state index contributed by atoms with van der Waals surface area (Å²) >= 11 is 0. The maximum atomic E-state index is 12.4. The number of methoxy groups -OCH3 is 1. The first-order valence-electron chi connectivity index (χ1n) is 8.61. The zero-order chi connectivity index (χ0) is 14.4. The summed E-state index contributed by atoms with van der Waals surface area (Å²) in [5.74, 6) is 2.38. The van der Waals surface area contributed by atoms with Gasteiger partial charge in [-0.25, -0.2) is 0 Å². The molecule has 3 saturated carbocycles. The van der Waals surface area contributed by atoms with Gasteiger partial charge in [-0.15, -0.1) is 0 Å². The Morgan fingerprint density at radius 3 is 2.50 bits per heavy atom. The molecule has 0 aromatic heterocycles. The van der Waals surface area contributed by atoms with E-state index in [1.807, 2.05) is 0 Å². The molecule has 3 aliphatic rings. The number of hydrogen-bond donors (Lipinski definition) is 0. The van der Waals surface area contributed by atoms with Gasteiger partial charge >= 0.3 is 5.97 Å². The van der Waals surface area contributed by atoms with Crippen LogP contribution in [0.2, 0.25) is 0 Å². The lowest BCUT2D eigenvalue weighted by molar-refractivity contribution is -0.175. The van der Waals surface area contributed by atoms with E-state index in [0.29, 0.717) is 11.3 Å². The summed E-state index contributed by atoms with van der Waals surface area (Å²) in [6.45, 7) is 4.68. The third kappa shape index (κ3) is 1.94. The predicted octanol–water partition coefficient (Wildman–Crippen LogP) is 4.57. The number of hydrogen-bond acceptors (Lipinski definition) is 2. The molecule has 114 valence electrons. The Bertz CT molecular complexity index is 391. The Morgan fingerprint density at radius 2 is 1.75 bits per heavy atom. The summed E-state index contributed by atoms with van der Waals surface area (Å²) in [5, 5.41) is 0. The molecular formula is C18H30O2. The number of ether oxygens (including phenoxy) is 1. The van der Waals surface area contributed by atoms with Gasteiger partial charge in [0.1, 0.15) is 0 Å². The van der Waals surface area contributed by atoms with Crippen molar-refractivity contribution in [2.75, 3.05) is 7.11 Å². The molecule has 3 rings (SSSR count). The van der Waals surface area contributed by atoms with Crippen LogP contribution in [0.3, 0.4) is 0 Å². The van der Waals surface area contributed by atoms with E-state index in [9.17, 15) is 4.79 Å². The van der Waals surface area contributed by atoms with E-state index in [-0.39, 0.29) is 11.4 Å². The Morgan fingerprint density at radius 1 is 1.00 bits per heavy atom. The first-order chi connectivity index (χ1) is 9.52. The molecule has 0 amide bonds. The van der Waals surface area contributed by atoms with E-state index in [0.717, 1.165) is 18.3 Å². The Hall–Kier alpha value is -0.530. The monoisotopic (exact) mass is 278 g/mol. The summed E-state index contributed by atoms with van der Waals surface area (Å²) < 4.78 is 5.18. The second kappa shape index (κ2) is 5.03. The van der Waals surface area contributed by atoms with Gasteiger partial charge in [0, 0.05) is 0 Å². The van der Waals surface area contributed by atoms with Gasteiger partial charge in [0.05, 0.1) is 12.5 Å². The molecule has 0 spiro atoms. The van der Waals surface area contributed by atoms with Gasteiger partial charge in [-0.3, -0.25) is 4.79 Å². The molecular weight excluding hydrogens is 248 g/mol. The molecule has 1 unspecified atom stereocenters. The zero-order valence-corrected chi connectivity index (χ0v) is 13.4. The lowest BCUT2D eigenvalue weighted by atomic mass is 9.44. The predicted molar refractivity (Wildman–Crippen MR) is 80.3 cm³/mol. The Kier molecular flexibility index (Phi) is 3.63. The van der Waals surface area contributed by atoms with Crippen LogP contribution in [-0.2, 0) is 9.53 Å². The second-order valence-corrected chi connectivity index (χ2v) is 8.05. The van der Waals surface area contributed by atoms with Gasteiger partial charge in [0.15, 0.2) is 0 Å². The van der Waals surface area contributed by atoms with Crippen molar-refractivity contribution in [1.82, 2.24) is 0 Å². The van der Waals surface area contributed by atoms with Gasteiger partial charge < -0.3 is 4.74 Å². The minimum Gasteiger partial charge on any atom is -0.469 e. The van der Waals surface area contributed by atoms with Crippen LogP contribution in [0.5, 0.6) is 0 Å². The normalized spacial score (nSPS) is 48.0. The third-order valence-corrected chi connectivity index (χ3v) is 7.21. The Labute approximate surface area is 123 Å².